The minimum Gasteiger partial charge on any atom is -0.494 e. The van der Waals surface area contributed by atoms with E-state index in [1.165, 1.54) is 0 Å². The second-order valence-electron chi connectivity index (χ2n) is 6.75. The van der Waals surface area contributed by atoms with Crippen LogP contribution in [0.4, 0.5) is 17.5 Å². The number of hydrogen-bond donors (Lipinski definition) is 2. The van der Waals surface area contributed by atoms with E-state index in [0.717, 1.165) is 34.3 Å². The molecule has 0 saturated heterocycles. The first kappa shape index (κ1) is 19.6. The monoisotopic (exact) mass is 382 g/mol. The average Bonchev–Trinajstić information content (AvgIpc) is 3.01. The molecule has 0 aliphatic rings. The van der Waals surface area contributed by atoms with Crippen molar-refractivity contribution in [3.63, 3.8) is 0 Å². The van der Waals surface area contributed by atoms with Crippen molar-refractivity contribution in [2.45, 2.75) is 20.4 Å². The van der Waals surface area contributed by atoms with Crippen LogP contribution in [-0.4, -0.2) is 58.1 Å². The number of nitrogens with one attached hydrogen (secondary N) is 2. The van der Waals surface area contributed by atoms with Crippen molar-refractivity contribution in [1.29, 1.82) is 0 Å². The fourth-order valence-corrected chi connectivity index (χ4v) is 2.87. The molecule has 0 saturated carbocycles. The standard InChI is InChI=1S/C19H26N8O/c1-12-9-18(20-3)23-19(21-12)22-14-7-8-17(28-6)15(10-14)27-16(11-26(4)5)13(2)24-25-27/h7-10H,11H2,1-6H3,(H2,20,21,22,23). The van der Waals surface area contributed by atoms with Crippen LogP contribution in [-0.2, 0) is 6.54 Å². The van der Waals surface area contributed by atoms with Crippen LogP contribution in [0.15, 0.2) is 24.3 Å². The summed E-state index contributed by atoms with van der Waals surface area (Å²) >= 11 is 0. The minimum atomic E-state index is 0.517. The fourth-order valence-electron chi connectivity index (χ4n) is 2.87. The number of aryl methyl sites for hydroxylation is 2. The molecule has 1 aromatic carbocycles. The Labute approximate surface area is 164 Å². The summed E-state index contributed by atoms with van der Waals surface area (Å²) in [4.78, 5) is 11.0. The van der Waals surface area contributed by atoms with Crippen molar-refractivity contribution in [3.8, 4) is 11.4 Å². The number of ether oxygens (including phenoxy) is 1. The van der Waals surface area contributed by atoms with Crippen molar-refractivity contribution in [2.75, 3.05) is 38.9 Å². The Morgan fingerprint density at radius 1 is 1.14 bits per heavy atom. The zero-order valence-corrected chi connectivity index (χ0v) is 17.1. The summed E-state index contributed by atoms with van der Waals surface area (Å²) < 4.78 is 7.37. The molecule has 0 spiro atoms. The molecular formula is C19H26N8O. The molecule has 3 aromatic rings. The van der Waals surface area contributed by atoms with Gasteiger partial charge in [-0.15, -0.1) is 5.10 Å². The predicted octanol–water partition coefficient (Wildman–Crippen LogP) is 2.53. The van der Waals surface area contributed by atoms with Gasteiger partial charge >= 0.3 is 0 Å². The highest BCUT2D eigenvalue weighted by atomic mass is 16.5. The van der Waals surface area contributed by atoms with Gasteiger partial charge in [0.1, 0.15) is 17.3 Å². The molecule has 2 aromatic heterocycles. The van der Waals surface area contributed by atoms with E-state index in [-0.39, 0.29) is 0 Å². The third kappa shape index (κ3) is 4.20. The van der Waals surface area contributed by atoms with Gasteiger partial charge in [-0.25, -0.2) is 9.67 Å². The number of benzene rings is 1. The molecule has 0 aliphatic carbocycles. The summed E-state index contributed by atoms with van der Waals surface area (Å²) in [6, 6.07) is 7.65. The van der Waals surface area contributed by atoms with Gasteiger partial charge in [-0.3, -0.25) is 0 Å². The predicted molar refractivity (Wildman–Crippen MR) is 110 cm³/mol. The average molecular weight is 382 g/mol. The first-order valence-electron chi connectivity index (χ1n) is 8.96. The van der Waals surface area contributed by atoms with Crippen molar-refractivity contribution in [2.24, 2.45) is 0 Å². The molecule has 9 heteroatoms. The van der Waals surface area contributed by atoms with E-state index in [4.69, 9.17) is 4.74 Å². The van der Waals surface area contributed by atoms with E-state index in [2.05, 4.69) is 35.8 Å². The summed E-state index contributed by atoms with van der Waals surface area (Å²) in [6.07, 6.45) is 0. The highest BCUT2D eigenvalue weighted by Crippen LogP contribution is 2.29. The zero-order chi connectivity index (χ0) is 20.3. The fraction of sp³-hybridized carbons (Fsp3) is 0.368. The van der Waals surface area contributed by atoms with Crippen LogP contribution in [0.5, 0.6) is 5.75 Å². The quantitative estimate of drug-likeness (QED) is 0.644. The van der Waals surface area contributed by atoms with E-state index >= 15 is 0 Å². The Kier molecular flexibility index (Phi) is 5.74. The van der Waals surface area contributed by atoms with Gasteiger partial charge in [-0.1, -0.05) is 5.21 Å². The number of hydrogen-bond acceptors (Lipinski definition) is 8. The van der Waals surface area contributed by atoms with Crippen LogP contribution in [0.25, 0.3) is 5.69 Å². The lowest BCUT2D eigenvalue weighted by molar-refractivity contribution is 0.386. The number of methoxy groups -OCH3 is 1. The number of anilines is 3. The van der Waals surface area contributed by atoms with Crippen LogP contribution < -0.4 is 15.4 Å². The molecule has 2 N–H and O–H groups in total. The molecular weight excluding hydrogens is 356 g/mol. The van der Waals surface area contributed by atoms with Crippen LogP contribution in [0.3, 0.4) is 0 Å². The molecule has 3 rings (SSSR count). The maximum absolute atomic E-state index is 5.56. The second-order valence-corrected chi connectivity index (χ2v) is 6.75. The molecule has 0 aliphatic heterocycles. The number of aromatic nitrogens is 5. The Bertz CT molecular complexity index is 967. The smallest absolute Gasteiger partial charge is 0.229 e. The maximum Gasteiger partial charge on any atom is 0.229 e. The second kappa shape index (κ2) is 8.22. The molecule has 0 radical (unpaired) electrons. The van der Waals surface area contributed by atoms with Gasteiger partial charge in [0, 0.05) is 31.0 Å². The SMILES string of the molecule is CNc1cc(C)nc(Nc2ccc(OC)c(-n3nnc(C)c3CN(C)C)c2)n1. The number of rotatable bonds is 7. The van der Waals surface area contributed by atoms with Gasteiger partial charge in [0.2, 0.25) is 5.95 Å². The van der Waals surface area contributed by atoms with Crippen LogP contribution in [0, 0.1) is 13.8 Å². The van der Waals surface area contributed by atoms with Gasteiger partial charge < -0.3 is 20.3 Å². The van der Waals surface area contributed by atoms with Crippen molar-refractivity contribution >= 4 is 17.5 Å². The van der Waals surface area contributed by atoms with E-state index < -0.39 is 0 Å². The van der Waals surface area contributed by atoms with Crippen molar-refractivity contribution < 1.29 is 4.74 Å². The lowest BCUT2D eigenvalue weighted by atomic mass is 10.2. The highest BCUT2D eigenvalue weighted by Gasteiger charge is 2.16. The molecule has 0 fully saturated rings. The van der Waals surface area contributed by atoms with Crippen LogP contribution >= 0.6 is 0 Å². The Morgan fingerprint density at radius 3 is 2.61 bits per heavy atom. The lowest BCUT2D eigenvalue weighted by Gasteiger charge is -2.16. The third-order valence-corrected chi connectivity index (χ3v) is 4.20. The molecule has 9 nitrogen and oxygen atoms in total. The molecule has 0 unspecified atom stereocenters. The van der Waals surface area contributed by atoms with Gasteiger partial charge in [0.05, 0.1) is 18.5 Å². The summed E-state index contributed by atoms with van der Waals surface area (Å²) in [7, 11) is 7.50. The Balaban J connectivity index is 2.01. The molecule has 0 bridgehead atoms. The lowest BCUT2D eigenvalue weighted by Crippen LogP contribution is -2.16. The summed E-state index contributed by atoms with van der Waals surface area (Å²) in [5, 5.41) is 14.9. The maximum atomic E-state index is 5.56. The molecule has 2 heterocycles. The molecule has 28 heavy (non-hydrogen) atoms. The Morgan fingerprint density at radius 2 is 1.93 bits per heavy atom. The third-order valence-electron chi connectivity index (χ3n) is 4.20. The minimum absolute atomic E-state index is 0.517. The van der Waals surface area contributed by atoms with Gasteiger partial charge in [-0.05, 0) is 46.1 Å². The zero-order valence-electron chi connectivity index (χ0n) is 17.1. The summed E-state index contributed by atoms with van der Waals surface area (Å²) in [5.41, 5.74) is 4.38. The summed E-state index contributed by atoms with van der Waals surface area (Å²) in [6.45, 7) is 4.60. The first-order chi connectivity index (χ1) is 13.4. The molecule has 0 amide bonds. The highest BCUT2D eigenvalue weighted by molar-refractivity contribution is 5.63. The largest absolute Gasteiger partial charge is 0.494 e. The molecule has 148 valence electrons. The first-order valence-corrected chi connectivity index (χ1v) is 8.96. The normalized spacial score (nSPS) is 11.0. The van der Waals surface area contributed by atoms with Gasteiger partial charge in [0.25, 0.3) is 0 Å². The summed E-state index contributed by atoms with van der Waals surface area (Å²) in [5.74, 6) is 1.98. The van der Waals surface area contributed by atoms with Crippen molar-refractivity contribution in [1.82, 2.24) is 29.9 Å². The van der Waals surface area contributed by atoms with E-state index in [0.29, 0.717) is 18.2 Å². The topological polar surface area (TPSA) is 93.0 Å². The van der Waals surface area contributed by atoms with Gasteiger partial charge in [-0.2, -0.15) is 4.98 Å². The number of nitrogens with zero attached hydrogens (tertiary/aromatic N) is 6. The van der Waals surface area contributed by atoms with E-state index in [1.807, 2.05) is 63.9 Å². The van der Waals surface area contributed by atoms with Gasteiger partial charge in [0.15, 0.2) is 0 Å². The Hall–Kier alpha value is -3.20. The van der Waals surface area contributed by atoms with Crippen LogP contribution in [0.2, 0.25) is 0 Å². The molecule has 0 atom stereocenters. The van der Waals surface area contributed by atoms with E-state index in [1.54, 1.807) is 7.11 Å². The van der Waals surface area contributed by atoms with E-state index in [9.17, 15) is 0 Å². The van der Waals surface area contributed by atoms with Crippen molar-refractivity contribution in [3.05, 3.63) is 41.3 Å². The van der Waals surface area contributed by atoms with Crippen LogP contribution in [0.1, 0.15) is 17.1 Å².